The molecule has 1 aliphatic rings. The van der Waals surface area contributed by atoms with Crippen molar-refractivity contribution in [1.82, 2.24) is 0 Å². The van der Waals surface area contributed by atoms with Crippen molar-refractivity contribution < 1.29 is 13.2 Å². The molecular weight excluding hydrogens is 423 g/mol. The topological polar surface area (TPSA) is 12.4 Å². The van der Waals surface area contributed by atoms with Crippen LogP contribution in [0.4, 0.5) is 18.9 Å². The molecule has 160 valence electrons. The molecule has 0 amide bonds. The van der Waals surface area contributed by atoms with Gasteiger partial charge in [0.05, 0.1) is 16.3 Å². The van der Waals surface area contributed by atoms with Crippen LogP contribution in [-0.2, 0) is 6.18 Å². The number of hydrogen-bond donors (Lipinski definition) is 0. The SMILES string of the molecule is Cc1ccc(N=C(C=CSc2ccc(C(F)(F)F)cc2)SCC2CCCCC2)cc1. The number of aliphatic imine (C=N–C) groups is 1. The maximum Gasteiger partial charge on any atom is 0.416 e. The number of rotatable bonds is 6. The standard InChI is InChI=1S/C24H26F3NS2/c1-18-7-11-21(12-8-18)28-23(30-17-19-5-3-2-4-6-19)15-16-29-22-13-9-20(10-14-22)24(25,26)27/h7-16,19H,2-6,17H2,1H3. The Labute approximate surface area is 185 Å². The van der Waals surface area contributed by atoms with Crippen molar-refractivity contribution in [2.75, 3.05) is 5.75 Å². The van der Waals surface area contributed by atoms with Crippen LogP contribution in [0.15, 0.2) is 69.9 Å². The van der Waals surface area contributed by atoms with Gasteiger partial charge in [-0.3, -0.25) is 0 Å². The van der Waals surface area contributed by atoms with E-state index >= 15 is 0 Å². The average Bonchev–Trinajstić information content (AvgIpc) is 2.74. The summed E-state index contributed by atoms with van der Waals surface area (Å²) >= 11 is 3.17. The molecule has 1 aliphatic carbocycles. The van der Waals surface area contributed by atoms with Crippen molar-refractivity contribution in [2.45, 2.75) is 50.1 Å². The molecule has 0 aliphatic heterocycles. The van der Waals surface area contributed by atoms with Gasteiger partial charge in [-0.25, -0.2) is 4.99 Å². The number of halogens is 3. The second-order valence-electron chi connectivity index (χ2n) is 7.54. The summed E-state index contributed by atoms with van der Waals surface area (Å²) in [5, 5.41) is 2.84. The monoisotopic (exact) mass is 449 g/mol. The first-order chi connectivity index (χ1) is 14.4. The smallest absolute Gasteiger partial charge is 0.242 e. The Morgan fingerprint density at radius 3 is 2.30 bits per heavy atom. The summed E-state index contributed by atoms with van der Waals surface area (Å²) in [7, 11) is 0. The van der Waals surface area contributed by atoms with Crippen molar-refractivity contribution in [3.63, 3.8) is 0 Å². The maximum absolute atomic E-state index is 12.7. The fraction of sp³-hybridized carbons (Fsp3) is 0.375. The van der Waals surface area contributed by atoms with Crippen LogP contribution in [0.3, 0.4) is 0 Å². The first-order valence-corrected chi connectivity index (χ1v) is 12.1. The highest BCUT2D eigenvalue weighted by Crippen LogP contribution is 2.32. The number of alkyl halides is 3. The first-order valence-electron chi connectivity index (χ1n) is 10.2. The van der Waals surface area contributed by atoms with Crippen LogP contribution in [0.2, 0.25) is 0 Å². The quantitative estimate of drug-likeness (QED) is 0.248. The van der Waals surface area contributed by atoms with Crippen molar-refractivity contribution >= 4 is 34.3 Å². The molecule has 30 heavy (non-hydrogen) atoms. The van der Waals surface area contributed by atoms with Gasteiger partial charge in [0, 0.05) is 10.6 Å². The molecule has 2 aromatic rings. The van der Waals surface area contributed by atoms with Crippen molar-refractivity contribution in [2.24, 2.45) is 10.9 Å². The van der Waals surface area contributed by atoms with E-state index in [2.05, 4.69) is 0 Å². The Bertz CT molecular complexity index is 850. The predicted octanol–water partition coefficient (Wildman–Crippen LogP) is 8.66. The Kier molecular flexibility index (Phi) is 8.51. The molecule has 0 heterocycles. The fourth-order valence-corrected chi connectivity index (χ4v) is 5.12. The minimum Gasteiger partial charge on any atom is -0.242 e. The Hall–Kier alpha value is -1.66. The molecule has 0 spiro atoms. The van der Waals surface area contributed by atoms with Crippen LogP contribution in [-0.4, -0.2) is 10.8 Å². The van der Waals surface area contributed by atoms with E-state index in [1.165, 1.54) is 61.6 Å². The zero-order valence-electron chi connectivity index (χ0n) is 17.0. The third-order valence-electron chi connectivity index (χ3n) is 5.06. The van der Waals surface area contributed by atoms with Gasteiger partial charge < -0.3 is 0 Å². The molecule has 0 saturated heterocycles. The van der Waals surface area contributed by atoms with E-state index in [1.807, 2.05) is 42.7 Å². The second-order valence-corrected chi connectivity index (χ2v) is 9.56. The predicted molar refractivity (Wildman–Crippen MR) is 124 cm³/mol. The minimum atomic E-state index is -4.30. The highest BCUT2D eigenvalue weighted by atomic mass is 32.2. The van der Waals surface area contributed by atoms with E-state index in [0.29, 0.717) is 0 Å². The average molecular weight is 450 g/mol. The molecular formula is C24H26F3NS2. The highest BCUT2D eigenvalue weighted by molar-refractivity contribution is 8.14. The summed E-state index contributed by atoms with van der Waals surface area (Å²) in [5.41, 5.74) is 1.48. The molecule has 6 heteroatoms. The van der Waals surface area contributed by atoms with Crippen LogP contribution >= 0.6 is 23.5 Å². The van der Waals surface area contributed by atoms with E-state index in [9.17, 15) is 13.2 Å². The van der Waals surface area contributed by atoms with Crippen LogP contribution in [0.5, 0.6) is 0 Å². The molecule has 1 nitrogen and oxygen atoms in total. The molecule has 0 N–H and O–H groups in total. The number of aryl methyl sites for hydroxylation is 1. The van der Waals surface area contributed by atoms with Crippen LogP contribution < -0.4 is 0 Å². The van der Waals surface area contributed by atoms with Crippen molar-refractivity contribution in [3.05, 3.63) is 71.1 Å². The van der Waals surface area contributed by atoms with E-state index < -0.39 is 11.7 Å². The zero-order valence-corrected chi connectivity index (χ0v) is 18.6. The largest absolute Gasteiger partial charge is 0.416 e. The molecule has 1 saturated carbocycles. The molecule has 0 unspecified atom stereocenters. The maximum atomic E-state index is 12.7. The molecule has 0 radical (unpaired) electrons. The van der Waals surface area contributed by atoms with E-state index in [-0.39, 0.29) is 0 Å². The van der Waals surface area contributed by atoms with Gasteiger partial charge >= 0.3 is 6.18 Å². The third-order valence-corrected chi connectivity index (χ3v) is 7.04. The highest BCUT2D eigenvalue weighted by Gasteiger charge is 2.29. The van der Waals surface area contributed by atoms with Gasteiger partial charge in [-0.1, -0.05) is 48.7 Å². The number of nitrogens with zero attached hydrogens (tertiary/aromatic N) is 1. The third kappa shape index (κ3) is 7.55. The lowest BCUT2D eigenvalue weighted by molar-refractivity contribution is -0.137. The Morgan fingerprint density at radius 1 is 1.00 bits per heavy atom. The summed E-state index contributed by atoms with van der Waals surface area (Å²) in [5.74, 6) is 1.79. The summed E-state index contributed by atoms with van der Waals surface area (Å²) in [6.07, 6.45) is 4.21. The van der Waals surface area contributed by atoms with Gasteiger partial charge in [0.2, 0.25) is 0 Å². The fourth-order valence-electron chi connectivity index (χ4n) is 3.31. The molecule has 0 atom stereocenters. The van der Waals surface area contributed by atoms with E-state index in [1.54, 1.807) is 11.8 Å². The molecule has 0 aromatic heterocycles. The Morgan fingerprint density at radius 2 is 1.67 bits per heavy atom. The normalized spacial score (nSPS) is 16.3. The van der Waals surface area contributed by atoms with Crippen molar-refractivity contribution in [3.8, 4) is 0 Å². The van der Waals surface area contributed by atoms with E-state index in [0.717, 1.165) is 39.4 Å². The summed E-state index contributed by atoms with van der Waals surface area (Å²) in [6, 6.07) is 13.4. The number of hydrogen-bond acceptors (Lipinski definition) is 3. The lowest BCUT2D eigenvalue weighted by Gasteiger charge is -2.20. The van der Waals surface area contributed by atoms with Crippen LogP contribution in [0.1, 0.15) is 43.2 Å². The number of benzene rings is 2. The van der Waals surface area contributed by atoms with Gasteiger partial charge in [-0.2, -0.15) is 13.2 Å². The molecule has 2 aromatic carbocycles. The van der Waals surface area contributed by atoms with Gasteiger partial charge in [-0.15, -0.1) is 11.8 Å². The van der Waals surface area contributed by atoms with E-state index in [4.69, 9.17) is 4.99 Å². The summed E-state index contributed by atoms with van der Waals surface area (Å²) in [4.78, 5) is 5.56. The molecule has 0 bridgehead atoms. The Balaban J connectivity index is 1.66. The zero-order chi connectivity index (χ0) is 21.4. The summed E-state index contributed by atoms with van der Waals surface area (Å²) < 4.78 is 38.1. The minimum absolute atomic E-state index is 0.625. The molecule has 3 rings (SSSR count). The lowest BCUT2D eigenvalue weighted by Crippen LogP contribution is -2.09. The second kappa shape index (κ2) is 11.1. The van der Waals surface area contributed by atoms with Gasteiger partial charge in [0.1, 0.15) is 0 Å². The van der Waals surface area contributed by atoms with Gasteiger partial charge in [-0.05, 0) is 73.6 Å². The number of thioether (sulfide) groups is 2. The van der Waals surface area contributed by atoms with Gasteiger partial charge in [0.25, 0.3) is 0 Å². The van der Waals surface area contributed by atoms with Crippen molar-refractivity contribution in [1.29, 1.82) is 0 Å². The summed E-state index contributed by atoms with van der Waals surface area (Å²) in [6.45, 7) is 2.05. The van der Waals surface area contributed by atoms with Crippen LogP contribution in [0, 0.1) is 12.8 Å². The first kappa shape index (κ1) is 23.0. The lowest BCUT2D eigenvalue weighted by atomic mass is 9.91. The molecule has 1 fully saturated rings. The van der Waals surface area contributed by atoms with Crippen LogP contribution in [0.25, 0.3) is 0 Å². The van der Waals surface area contributed by atoms with Gasteiger partial charge in [0.15, 0.2) is 0 Å².